The summed E-state index contributed by atoms with van der Waals surface area (Å²) in [4.78, 5) is 26.3. The van der Waals surface area contributed by atoms with Gasteiger partial charge in [-0.1, -0.05) is 0 Å². The molecule has 1 saturated carbocycles. The number of methoxy groups -OCH3 is 1. The van der Waals surface area contributed by atoms with Crippen molar-refractivity contribution in [2.75, 3.05) is 43.6 Å². The number of thiocarbonyl (C=S) groups is 1. The molecule has 0 radical (unpaired) electrons. The fourth-order valence-electron chi connectivity index (χ4n) is 5.13. The third-order valence-electron chi connectivity index (χ3n) is 7.34. The molecule has 5 rings (SSSR count). The van der Waals surface area contributed by atoms with Gasteiger partial charge in [0.15, 0.2) is 16.7 Å². The largest absolute Gasteiger partial charge is 0.492 e. The lowest BCUT2D eigenvalue weighted by atomic mass is 9.89. The molecule has 1 aliphatic carbocycles. The van der Waals surface area contributed by atoms with E-state index in [2.05, 4.69) is 10.6 Å². The Morgan fingerprint density at radius 2 is 1.97 bits per heavy atom. The zero-order chi connectivity index (χ0) is 27.9. The van der Waals surface area contributed by atoms with Gasteiger partial charge >= 0.3 is 5.97 Å². The van der Waals surface area contributed by atoms with Crippen LogP contribution in [-0.2, 0) is 0 Å². The SMILES string of the molecule is COc1c(N2CCC(CF)(CNC(=S)Nc3ccc(F)cc3)C2)c(F)cc2c(=O)c(C(=O)O)cn(C3CC3)c12. The molecule has 2 aliphatic rings. The number of halogens is 3. The van der Waals surface area contributed by atoms with Crippen molar-refractivity contribution in [3.8, 4) is 5.75 Å². The molecule has 0 amide bonds. The van der Waals surface area contributed by atoms with Gasteiger partial charge < -0.3 is 29.9 Å². The third-order valence-corrected chi connectivity index (χ3v) is 7.58. The van der Waals surface area contributed by atoms with Crippen LogP contribution in [0.2, 0.25) is 0 Å². The van der Waals surface area contributed by atoms with Crippen LogP contribution >= 0.6 is 12.2 Å². The standard InChI is InChI=1S/C27H27F3N4O4S/c1-38-24-21-18(23(35)19(25(36)37)11-34(21)17-6-7-17)10-20(30)22(24)33-9-8-27(12-28,14-33)13-31-26(39)32-16-4-2-15(29)3-5-16/h2-5,10-11,17H,6-9,12-14H2,1H3,(H,36,37)(H2,31,32,39). The summed E-state index contributed by atoms with van der Waals surface area (Å²) in [7, 11) is 1.37. The summed E-state index contributed by atoms with van der Waals surface area (Å²) in [6.07, 6.45) is 3.27. The molecule has 206 valence electrons. The Kier molecular flexibility index (Phi) is 7.15. The number of hydrogen-bond acceptors (Lipinski definition) is 5. The van der Waals surface area contributed by atoms with E-state index in [-0.39, 0.29) is 46.9 Å². The van der Waals surface area contributed by atoms with E-state index in [9.17, 15) is 23.5 Å². The van der Waals surface area contributed by atoms with Crippen LogP contribution in [0.5, 0.6) is 5.75 Å². The zero-order valence-corrected chi connectivity index (χ0v) is 21.9. The molecular formula is C27H27F3N4O4S. The molecule has 0 bridgehead atoms. The molecular weight excluding hydrogens is 533 g/mol. The number of anilines is 2. The van der Waals surface area contributed by atoms with Gasteiger partial charge in [0.05, 0.1) is 24.7 Å². The smallest absolute Gasteiger partial charge is 0.341 e. The van der Waals surface area contributed by atoms with Gasteiger partial charge in [-0.25, -0.2) is 13.6 Å². The molecule has 12 heteroatoms. The van der Waals surface area contributed by atoms with Crippen LogP contribution in [0, 0.1) is 17.0 Å². The second kappa shape index (κ2) is 10.4. The number of nitrogens with one attached hydrogen (secondary N) is 2. The number of benzene rings is 2. The first-order chi connectivity index (χ1) is 18.7. The highest BCUT2D eigenvalue weighted by atomic mass is 32.1. The number of rotatable bonds is 8. The van der Waals surface area contributed by atoms with Crippen molar-refractivity contribution >= 4 is 45.6 Å². The van der Waals surface area contributed by atoms with Crippen LogP contribution in [0.25, 0.3) is 10.9 Å². The first kappa shape index (κ1) is 26.8. The van der Waals surface area contributed by atoms with E-state index in [1.54, 1.807) is 9.47 Å². The third kappa shape index (κ3) is 5.12. The topological polar surface area (TPSA) is 95.8 Å². The molecule has 2 aromatic carbocycles. The summed E-state index contributed by atoms with van der Waals surface area (Å²) in [5.41, 5.74) is -1.10. The van der Waals surface area contributed by atoms with Crippen molar-refractivity contribution in [2.24, 2.45) is 5.41 Å². The number of hydrogen-bond donors (Lipinski definition) is 3. The highest BCUT2D eigenvalue weighted by molar-refractivity contribution is 7.80. The Labute approximate surface area is 227 Å². The van der Waals surface area contributed by atoms with Gasteiger partial charge in [0.1, 0.15) is 17.1 Å². The lowest BCUT2D eigenvalue weighted by molar-refractivity contribution is 0.0694. The Bertz CT molecular complexity index is 1510. The van der Waals surface area contributed by atoms with Gasteiger partial charge in [0.2, 0.25) is 5.43 Å². The quantitative estimate of drug-likeness (QED) is 0.348. The number of nitrogens with zero attached hydrogens (tertiary/aromatic N) is 2. The number of aromatic nitrogens is 1. The molecule has 1 aliphatic heterocycles. The minimum Gasteiger partial charge on any atom is -0.492 e. The molecule has 1 aromatic heterocycles. The number of ether oxygens (including phenoxy) is 1. The van der Waals surface area contributed by atoms with E-state index >= 15 is 4.39 Å². The van der Waals surface area contributed by atoms with Crippen molar-refractivity contribution in [1.82, 2.24) is 9.88 Å². The second-order valence-corrected chi connectivity index (χ2v) is 10.5. The molecule has 0 spiro atoms. The predicted octanol–water partition coefficient (Wildman–Crippen LogP) is 4.47. The molecule has 3 N–H and O–H groups in total. The summed E-state index contributed by atoms with van der Waals surface area (Å²) >= 11 is 5.32. The molecule has 2 heterocycles. The van der Waals surface area contributed by atoms with Crippen LogP contribution in [0.3, 0.4) is 0 Å². The molecule has 2 fully saturated rings. The lowest BCUT2D eigenvalue weighted by Crippen LogP contribution is -2.42. The summed E-state index contributed by atoms with van der Waals surface area (Å²) in [6, 6.07) is 6.66. The maximum Gasteiger partial charge on any atom is 0.341 e. The van der Waals surface area contributed by atoms with Crippen LogP contribution in [-0.4, -0.2) is 54.2 Å². The average Bonchev–Trinajstić information content (AvgIpc) is 3.67. The number of carbonyl (C=O) groups is 1. The van der Waals surface area contributed by atoms with Crippen molar-refractivity contribution < 1.29 is 27.8 Å². The first-order valence-electron chi connectivity index (χ1n) is 12.5. The van der Waals surface area contributed by atoms with Gasteiger partial charge in [0, 0.05) is 43.0 Å². The first-order valence-corrected chi connectivity index (χ1v) is 12.9. The number of alkyl halides is 1. The summed E-state index contributed by atoms with van der Waals surface area (Å²) in [5.74, 6) is -2.40. The van der Waals surface area contributed by atoms with Crippen LogP contribution in [0.15, 0.2) is 41.3 Å². The molecule has 1 unspecified atom stereocenters. The number of aromatic carboxylic acids is 1. The van der Waals surface area contributed by atoms with Crippen molar-refractivity contribution in [3.05, 3.63) is 63.9 Å². The maximum absolute atomic E-state index is 15.6. The van der Waals surface area contributed by atoms with Gasteiger partial charge in [-0.3, -0.25) is 9.18 Å². The minimum atomic E-state index is -1.38. The molecule has 1 saturated heterocycles. The predicted molar refractivity (Wildman–Crippen MR) is 146 cm³/mol. The van der Waals surface area contributed by atoms with Gasteiger partial charge in [-0.05, 0) is 61.8 Å². The summed E-state index contributed by atoms with van der Waals surface area (Å²) in [6.45, 7) is -0.0556. The Hall–Kier alpha value is -3.80. The van der Waals surface area contributed by atoms with Gasteiger partial charge in [-0.15, -0.1) is 0 Å². The fraction of sp³-hybridized carbons (Fsp3) is 0.370. The molecule has 39 heavy (non-hydrogen) atoms. The Morgan fingerprint density at radius 1 is 1.26 bits per heavy atom. The van der Waals surface area contributed by atoms with E-state index in [0.717, 1.165) is 18.9 Å². The van der Waals surface area contributed by atoms with Crippen molar-refractivity contribution in [3.63, 3.8) is 0 Å². The van der Waals surface area contributed by atoms with E-state index in [0.29, 0.717) is 24.2 Å². The van der Waals surface area contributed by atoms with Crippen LogP contribution in [0.4, 0.5) is 24.5 Å². The second-order valence-electron chi connectivity index (χ2n) is 10.1. The molecule has 1 atom stereocenters. The van der Waals surface area contributed by atoms with Gasteiger partial charge in [0.25, 0.3) is 0 Å². The molecule has 3 aromatic rings. The van der Waals surface area contributed by atoms with E-state index in [4.69, 9.17) is 17.0 Å². The van der Waals surface area contributed by atoms with Crippen molar-refractivity contribution in [2.45, 2.75) is 25.3 Å². The van der Waals surface area contributed by atoms with Crippen molar-refractivity contribution in [1.29, 1.82) is 0 Å². The normalized spacial score (nSPS) is 18.8. The van der Waals surface area contributed by atoms with E-state index in [1.807, 2.05) is 0 Å². The highest BCUT2D eigenvalue weighted by Crippen LogP contribution is 2.45. The zero-order valence-electron chi connectivity index (χ0n) is 21.1. The number of pyridine rings is 1. The average molecular weight is 561 g/mol. The van der Waals surface area contributed by atoms with E-state index < -0.39 is 34.9 Å². The lowest BCUT2D eigenvalue weighted by Gasteiger charge is -2.29. The molecule has 8 nitrogen and oxygen atoms in total. The van der Waals surface area contributed by atoms with Gasteiger partial charge in [-0.2, -0.15) is 0 Å². The van der Waals surface area contributed by atoms with Crippen LogP contribution < -0.4 is 25.7 Å². The summed E-state index contributed by atoms with van der Waals surface area (Å²) < 4.78 is 50.6. The minimum absolute atomic E-state index is 0.0271. The Balaban J connectivity index is 1.43. The number of carboxylic acid groups (broad SMARTS) is 1. The number of fused-ring (bicyclic) bond motifs is 1. The van der Waals surface area contributed by atoms with Crippen LogP contribution in [0.1, 0.15) is 35.7 Å². The van der Waals surface area contributed by atoms with E-state index in [1.165, 1.54) is 37.6 Å². The fourth-order valence-corrected chi connectivity index (χ4v) is 5.32. The maximum atomic E-state index is 15.6. The highest BCUT2D eigenvalue weighted by Gasteiger charge is 2.41. The monoisotopic (exact) mass is 560 g/mol. The Morgan fingerprint density at radius 3 is 2.59 bits per heavy atom. The number of carboxylic acids is 1. The summed E-state index contributed by atoms with van der Waals surface area (Å²) in [5, 5.41) is 15.6.